The molecule has 8 nitrogen and oxygen atoms in total. The van der Waals surface area contributed by atoms with Crippen molar-refractivity contribution in [2.45, 2.75) is 25.9 Å². The third-order valence-corrected chi connectivity index (χ3v) is 4.81. The number of aromatic nitrogens is 4. The number of benzene rings is 2. The van der Waals surface area contributed by atoms with E-state index in [0.717, 1.165) is 23.4 Å². The number of hydrogen-bond acceptors (Lipinski definition) is 6. The Bertz CT molecular complexity index is 1250. The lowest BCUT2D eigenvalue weighted by molar-refractivity contribution is -0.137. The molecule has 0 saturated carbocycles. The Morgan fingerprint density at radius 2 is 1.97 bits per heavy atom. The van der Waals surface area contributed by atoms with Crippen LogP contribution in [0.5, 0.6) is 5.75 Å². The Kier molecular flexibility index (Phi) is 6.62. The van der Waals surface area contributed by atoms with Gasteiger partial charge in [0.15, 0.2) is 0 Å². The molecule has 2 aromatic heterocycles. The largest absolute Gasteiger partial charge is 0.494 e. The molecule has 2 heterocycles. The summed E-state index contributed by atoms with van der Waals surface area (Å²) in [6.07, 6.45) is -1.45. The van der Waals surface area contributed by atoms with E-state index in [1.807, 2.05) is 6.92 Å². The highest BCUT2D eigenvalue weighted by Gasteiger charge is 2.31. The van der Waals surface area contributed by atoms with Crippen molar-refractivity contribution in [3.63, 3.8) is 0 Å². The normalized spacial score (nSPS) is 11.4. The van der Waals surface area contributed by atoms with Crippen molar-refractivity contribution in [3.8, 4) is 22.8 Å². The molecule has 0 unspecified atom stereocenters. The number of halogens is 3. The van der Waals surface area contributed by atoms with Crippen molar-refractivity contribution >= 4 is 11.6 Å². The molecule has 0 aliphatic rings. The molecule has 1 N–H and O–H groups in total. The molecule has 1 amide bonds. The summed E-state index contributed by atoms with van der Waals surface area (Å²) in [6, 6.07) is 11.9. The van der Waals surface area contributed by atoms with E-state index in [1.165, 1.54) is 16.9 Å². The van der Waals surface area contributed by atoms with Crippen molar-refractivity contribution in [2.75, 3.05) is 11.9 Å². The maximum absolute atomic E-state index is 13.2. The van der Waals surface area contributed by atoms with Gasteiger partial charge in [-0.2, -0.15) is 23.3 Å². The van der Waals surface area contributed by atoms with Crippen molar-refractivity contribution in [3.05, 3.63) is 72.4 Å². The van der Waals surface area contributed by atoms with E-state index in [4.69, 9.17) is 9.26 Å². The zero-order chi connectivity index (χ0) is 24.1. The number of carbonyl (C=O) groups excluding carboxylic acids is 1. The number of rotatable bonds is 8. The zero-order valence-corrected chi connectivity index (χ0v) is 18.0. The second-order valence-corrected chi connectivity index (χ2v) is 7.20. The Hall–Kier alpha value is -4.15. The van der Waals surface area contributed by atoms with E-state index in [1.54, 1.807) is 36.5 Å². The Morgan fingerprint density at radius 3 is 2.65 bits per heavy atom. The van der Waals surface area contributed by atoms with Crippen LogP contribution in [0.15, 0.2) is 65.4 Å². The molecule has 0 atom stereocenters. The van der Waals surface area contributed by atoms with Crippen LogP contribution in [-0.2, 0) is 17.4 Å². The molecule has 0 aliphatic carbocycles. The topological polar surface area (TPSA) is 95.1 Å². The SMILES string of the molecule is CCOc1ccc(-c2noc(CCC(=O)Nc3cc(C(F)(F)F)ccc3-n3cccn3)n2)cc1. The number of anilines is 1. The fourth-order valence-corrected chi connectivity index (χ4v) is 3.20. The lowest BCUT2D eigenvalue weighted by Gasteiger charge is -2.14. The van der Waals surface area contributed by atoms with Gasteiger partial charge in [0.05, 0.1) is 23.5 Å². The van der Waals surface area contributed by atoms with Gasteiger partial charge in [0.2, 0.25) is 17.6 Å². The van der Waals surface area contributed by atoms with E-state index in [-0.39, 0.29) is 24.4 Å². The molecule has 0 radical (unpaired) electrons. The number of amides is 1. The average molecular weight is 471 g/mol. The molecule has 34 heavy (non-hydrogen) atoms. The van der Waals surface area contributed by atoms with Crippen LogP contribution in [0.4, 0.5) is 18.9 Å². The van der Waals surface area contributed by atoms with E-state index in [2.05, 4.69) is 20.6 Å². The van der Waals surface area contributed by atoms with Gasteiger partial charge in [-0.25, -0.2) is 4.68 Å². The molecule has 0 fully saturated rings. The Morgan fingerprint density at radius 1 is 1.18 bits per heavy atom. The molecule has 0 bridgehead atoms. The molecule has 0 spiro atoms. The van der Waals surface area contributed by atoms with Gasteiger partial charge in [-0.15, -0.1) is 0 Å². The average Bonchev–Trinajstić information content (AvgIpc) is 3.50. The summed E-state index contributed by atoms with van der Waals surface area (Å²) in [5.41, 5.74) is 0.136. The number of aryl methyl sites for hydroxylation is 1. The first-order valence-electron chi connectivity index (χ1n) is 10.4. The summed E-state index contributed by atoms with van der Waals surface area (Å²) in [5.74, 6) is 0.803. The highest BCUT2D eigenvalue weighted by molar-refractivity contribution is 5.93. The van der Waals surface area contributed by atoms with E-state index in [0.29, 0.717) is 18.1 Å². The van der Waals surface area contributed by atoms with Crippen LogP contribution in [0.1, 0.15) is 24.8 Å². The zero-order valence-electron chi connectivity index (χ0n) is 18.0. The number of alkyl halides is 3. The summed E-state index contributed by atoms with van der Waals surface area (Å²) in [6.45, 7) is 2.44. The molecular weight excluding hydrogens is 451 g/mol. The van der Waals surface area contributed by atoms with E-state index < -0.39 is 17.6 Å². The third-order valence-electron chi connectivity index (χ3n) is 4.81. The Balaban J connectivity index is 1.43. The monoisotopic (exact) mass is 471 g/mol. The number of carbonyl (C=O) groups is 1. The van der Waals surface area contributed by atoms with Gasteiger partial charge in [0, 0.05) is 30.8 Å². The Labute approximate surface area is 192 Å². The van der Waals surface area contributed by atoms with Gasteiger partial charge < -0.3 is 14.6 Å². The van der Waals surface area contributed by atoms with Crippen molar-refractivity contribution < 1.29 is 27.2 Å². The molecule has 11 heteroatoms. The fraction of sp³-hybridized carbons (Fsp3) is 0.217. The minimum absolute atomic E-state index is 0.0101. The van der Waals surface area contributed by atoms with Gasteiger partial charge in [-0.05, 0) is 55.5 Å². The van der Waals surface area contributed by atoms with Crippen LogP contribution in [0.25, 0.3) is 17.1 Å². The van der Waals surface area contributed by atoms with Crippen LogP contribution < -0.4 is 10.1 Å². The highest BCUT2D eigenvalue weighted by atomic mass is 19.4. The quantitative estimate of drug-likeness (QED) is 0.392. The minimum atomic E-state index is -4.55. The number of hydrogen-bond donors (Lipinski definition) is 1. The maximum Gasteiger partial charge on any atom is 0.416 e. The predicted molar refractivity (Wildman–Crippen MR) is 116 cm³/mol. The van der Waals surface area contributed by atoms with Gasteiger partial charge in [0.25, 0.3) is 0 Å². The van der Waals surface area contributed by atoms with Gasteiger partial charge in [-0.1, -0.05) is 5.16 Å². The van der Waals surface area contributed by atoms with E-state index >= 15 is 0 Å². The molecule has 4 rings (SSSR count). The van der Waals surface area contributed by atoms with Gasteiger partial charge >= 0.3 is 6.18 Å². The number of ether oxygens (including phenoxy) is 1. The second kappa shape index (κ2) is 9.77. The molecule has 4 aromatic rings. The predicted octanol–water partition coefficient (Wildman–Crippen LogP) is 4.91. The summed E-state index contributed by atoms with van der Waals surface area (Å²) in [5, 5.41) is 10.5. The molecule has 176 valence electrons. The molecule has 2 aromatic carbocycles. The lowest BCUT2D eigenvalue weighted by Crippen LogP contribution is -2.16. The number of nitrogens with one attached hydrogen (secondary N) is 1. The minimum Gasteiger partial charge on any atom is -0.494 e. The summed E-state index contributed by atoms with van der Waals surface area (Å²) < 4.78 is 51.5. The van der Waals surface area contributed by atoms with Gasteiger partial charge in [-0.3, -0.25) is 4.79 Å². The van der Waals surface area contributed by atoms with Crippen LogP contribution in [0, 0.1) is 0 Å². The third kappa shape index (κ3) is 5.42. The first-order valence-corrected chi connectivity index (χ1v) is 10.4. The fourth-order valence-electron chi connectivity index (χ4n) is 3.20. The first kappa shape index (κ1) is 23.0. The molecule has 0 saturated heterocycles. The standard InChI is InChI=1S/C23H20F3N5O3/c1-2-33-17-7-4-15(5-8-17)22-29-21(34-30-22)11-10-20(32)28-18-14-16(23(24,25)26)6-9-19(18)31-13-3-12-27-31/h3-9,12-14H,2,10-11H2,1H3,(H,28,32). The van der Waals surface area contributed by atoms with Crippen LogP contribution in [0.3, 0.4) is 0 Å². The van der Waals surface area contributed by atoms with Crippen molar-refractivity contribution in [2.24, 2.45) is 0 Å². The molecular formula is C23H20F3N5O3. The summed E-state index contributed by atoms with van der Waals surface area (Å²) in [4.78, 5) is 16.8. The van der Waals surface area contributed by atoms with E-state index in [9.17, 15) is 18.0 Å². The number of nitrogens with zero attached hydrogens (tertiary/aromatic N) is 4. The van der Waals surface area contributed by atoms with Crippen molar-refractivity contribution in [1.82, 2.24) is 19.9 Å². The van der Waals surface area contributed by atoms with Crippen LogP contribution in [0.2, 0.25) is 0 Å². The smallest absolute Gasteiger partial charge is 0.416 e. The summed E-state index contributed by atoms with van der Waals surface area (Å²) >= 11 is 0. The maximum atomic E-state index is 13.2. The van der Waals surface area contributed by atoms with Crippen LogP contribution >= 0.6 is 0 Å². The van der Waals surface area contributed by atoms with Crippen LogP contribution in [-0.4, -0.2) is 32.4 Å². The summed E-state index contributed by atoms with van der Waals surface area (Å²) in [7, 11) is 0. The second-order valence-electron chi connectivity index (χ2n) is 7.20. The van der Waals surface area contributed by atoms with Crippen molar-refractivity contribution in [1.29, 1.82) is 0 Å². The first-order chi connectivity index (χ1) is 16.3. The highest BCUT2D eigenvalue weighted by Crippen LogP contribution is 2.33. The van der Waals surface area contributed by atoms with Gasteiger partial charge in [0.1, 0.15) is 5.75 Å². The molecule has 0 aliphatic heterocycles. The lowest BCUT2D eigenvalue weighted by atomic mass is 10.1.